The van der Waals surface area contributed by atoms with E-state index >= 15 is 0 Å². The molecular formula is C96H90Ir3N6Si3-6. The number of benzene rings is 9. The Labute approximate surface area is 686 Å². The van der Waals surface area contributed by atoms with Crippen LogP contribution in [-0.2, 0) is 60.3 Å². The first kappa shape index (κ1) is 85.7. The van der Waals surface area contributed by atoms with Gasteiger partial charge in [-0.15, -0.1) is 197 Å². The van der Waals surface area contributed by atoms with Crippen LogP contribution in [0.3, 0.4) is 0 Å². The quantitative estimate of drug-likeness (QED) is 0.0896. The monoisotopic (exact) mass is 1990 g/mol. The van der Waals surface area contributed by atoms with Gasteiger partial charge in [-0.1, -0.05) is 252 Å². The van der Waals surface area contributed by atoms with Crippen LogP contribution in [0.25, 0.3) is 101 Å². The molecule has 15 rings (SSSR count). The molecule has 0 aliphatic carbocycles. The van der Waals surface area contributed by atoms with Crippen molar-refractivity contribution in [3.8, 4) is 101 Å². The van der Waals surface area contributed by atoms with E-state index in [2.05, 4.69) is 292 Å². The molecule has 6 nitrogen and oxygen atoms in total. The van der Waals surface area contributed by atoms with Crippen LogP contribution in [0, 0.1) is 57.2 Å². The molecule has 0 aliphatic heterocycles. The summed E-state index contributed by atoms with van der Waals surface area (Å²) in [5, 5.41) is 4.47. The zero-order valence-corrected chi connectivity index (χ0v) is 73.5. The van der Waals surface area contributed by atoms with E-state index in [1.165, 1.54) is 65.6 Å². The molecule has 0 atom stereocenters. The van der Waals surface area contributed by atoms with Gasteiger partial charge in [0.1, 0.15) is 0 Å². The summed E-state index contributed by atoms with van der Waals surface area (Å²) in [4.78, 5) is 26.0. The van der Waals surface area contributed by atoms with Gasteiger partial charge in [-0.2, -0.15) is 0 Å². The Bertz CT molecular complexity index is 4820. The van der Waals surface area contributed by atoms with Gasteiger partial charge in [0.2, 0.25) is 0 Å². The topological polar surface area (TPSA) is 77.3 Å². The molecule has 0 spiro atoms. The fourth-order valence-corrected chi connectivity index (χ4v) is 15.3. The minimum Gasteiger partial charge on any atom is -0.305 e. The summed E-state index contributed by atoms with van der Waals surface area (Å²) in [6.07, 6.45) is 10.9. The van der Waals surface area contributed by atoms with E-state index in [0.29, 0.717) is 0 Å². The molecule has 108 heavy (non-hydrogen) atoms. The van der Waals surface area contributed by atoms with Crippen LogP contribution in [0.5, 0.6) is 0 Å². The first-order valence-electron chi connectivity index (χ1n) is 35.5. The summed E-state index contributed by atoms with van der Waals surface area (Å²) in [7, 11) is -3.89. The van der Waals surface area contributed by atoms with Crippen LogP contribution in [0.4, 0.5) is 0 Å². The summed E-state index contributed by atoms with van der Waals surface area (Å²) in [6, 6.07) is 119. The van der Waals surface area contributed by atoms with Gasteiger partial charge in [0.15, 0.2) is 0 Å². The van der Waals surface area contributed by atoms with Crippen molar-refractivity contribution in [2.75, 3.05) is 0 Å². The Hall–Kier alpha value is -9.52. The second-order valence-corrected chi connectivity index (χ2v) is 43.7. The fraction of sp³-hybridized carbons (Fsp3) is 0.125. The van der Waals surface area contributed by atoms with E-state index in [0.717, 1.165) is 67.5 Å². The third-order valence-corrected chi connectivity index (χ3v) is 23.3. The second kappa shape index (κ2) is 42.3. The molecule has 15 aromatic rings. The van der Waals surface area contributed by atoms with Crippen molar-refractivity contribution in [3.63, 3.8) is 0 Å². The molecule has 0 saturated heterocycles. The van der Waals surface area contributed by atoms with Crippen molar-refractivity contribution in [1.29, 1.82) is 0 Å². The van der Waals surface area contributed by atoms with Gasteiger partial charge < -0.3 is 29.9 Å². The Morgan fingerprint density at radius 3 is 0.907 bits per heavy atom. The van der Waals surface area contributed by atoms with Gasteiger partial charge in [0, 0.05) is 97.5 Å². The van der Waals surface area contributed by atoms with Crippen molar-refractivity contribution >= 4 is 39.8 Å². The van der Waals surface area contributed by atoms with E-state index in [4.69, 9.17) is 0 Å². The molecule has 0 saturated carbocycles. The molecule has 0 amide bonds. The Morgan fingerprint density at radius 2 is 0.574 bits per heavy atom. The van der Waals surface area contributed by atoms with Crippen LogP contribution in [0.2, 0.25) is 58.9 Å². The first-order valence-corrected chi connectivity index (χ1v) is 46.0. The molecule has 0 unspecified atom stereocenters. The predicted molar refractivity (Wildman–Crippen MR) is 451 cm³/mol. The number of hydrogen-bond acceptors (Lipinski definition) is 6. The number of aryl methyl sites for hydroxylation is 3. The molecule has 0 bridgehead atoms. The minimum absolute atomic E-state index is 0. The molecule has 0 fully saturated rings. The third kappa shape index (κ3) is 26.1. The predicted octanol–water partition coefficient (Wildman–Crippen LogP) is 22.8. The molecular weight excluding hydrogens is 1900 g/mol. The zero-order valence-electron chi connectivity index (χ0n) is 63.4. The maximum atomic E-state index is 4.44. The molecule has 6 aromatic heterocycles. The molecule has 0 aliphatic rings. The summed E-state index contributed by atoms with van der Waals surface area (Å²) in [5.41, 5.74) is 23.2. The molecule has 12 heteroatoms. The number of pyridine rings is 6. The fourth-order valence-electron chi connectivity index (χ4n) is 11.3. The molecule has 549 valence electrons. The van der Waals surface area contributed by atoms with Gasteiger partial charge >= 0.3 is 0 Å². The average molecular weight is 1990 g/mol. The molecule has 0 N–H and O–H groups in total. The maximum Gasteiger partial charge on any atom is 0.0775 e. The third-order valence-electron chi connectivity index (χ3n) is 17.2. The molecule has 3 radical (unpaired) electrons. The second-order valence-electron chi connectivity index (χ2n) is 28.6. The van der Waals surface area contributed by atoms with E-state index in [-0.39, 0.29) is 60.3 Å². The number of nitrogens with zero attached hydrogens (tertiary/aromatic N) is 6. The standard InChI is InChI=1S/3C21H22NSi.3C11H8N.3Ir/c1-16-13-14-22-21(15-16)19-7-5-17(6-8-19)18-9-11-20(12-10-18)23(2,3)4;1-16-12-13-22-21(14-16)18-10-8-17(9-11-18)19-6-5-7-20(15-19)23(2,3)4;1-16-13-14-22-20(15-16)18-11-9-17(10-12-18)19-7-5-6-8-21(19)23(2,3)4;3*1-2-6-10(7-3-1)11-8-4-5-9-12-11;;;/h5-7,9-15H,1-4H3;5-10,12-15H,1-4H3;5-11,13-15H,1-4H3;3*1-6,8-9H;;;/q6*-1;;;. The van der Waals surface area contributed by atoms with Crippen molar-refractivity contribution in [2.24, 2.45) is 0 Å². The molecule has 9 aromatic carbocycles. The van der Waals surface area contributed by atoms with Crippen LogP contribution in [0.1, 0.15) is 16.7 Å². The smallest absolute Gasteiger partial charge is 0.0775 e. The van der Waals surface area contributed by atoms with Gasteiger partial charge in [0.25, 0.3) is 0 Å². The normalized spacial score (nSPS) is 10.6. The average Bonchev–Trinajstić information content (AvgIpc) is 0.808. The SMILES string of the molecule is Cc1ccnc(-c2[c-]cc(-c3ccc([Si](C)(C)C)cc3)cc2)c1.Cc1ccnc(-c2[c-]cc(-c3cccc([Si](C)(C)C)c3)cc2)c1.Cc1ccnc(-c2[c-]cc(-c3ccccc3[Si](C)(C)C)cc2)c1.[Ir].[Ir].[Ir].[c-]1ccccc1-c1ccccn1.[c-]1ccccc1-c1ccccn1.[c-]1ccccc1-c1ccccn1. The Kier molecular flexibility index (Phi) is 33.6. The number of hydrogen-bond donors (Lipinski definition) is 0. The summed E-state index contributed by atoms with van der Waals surface area (Å²) >= 11 is 0. The van der Waals surface area contributed by atoms with Gasteiger partial charge in [-0.25, -0.2) is 0 Å². The summed E-state index contributed by atoms with van der Waals surface area (Å²) < 4.78 is 0. The summed E-state index contributed by atoms with van der Waals surface area (Å²) in [6.45, 7) is 27.7. The summed E-state index contributed by atoms with van der Waals surface area (Å²) in [5.74, 6) is 0. The van der Waals surface area contributed by atoms with Crippen molar-refractivity contribution in [1.82, 2.24) is 29.9 Å². The molecule has 6 heterocycles. The van der Waals surface area contributed by atoms with Gasteiger partial charge in [-0.05, 0) is 91.3 Å². The minimum atomic E-state index is -1.37. The van der Waals surface area contributed by atoms with E-state index in [1.807, 2.05) is 164 Å². The Morgan fingerprint density at radius 1 is 0.231 bits per heavy atom. The first-order chi connectivity index (χ1) is 50.7. The zero-order chi connectivity index (χ0) is 74.0. The van der Waals surface area contributed by atoms with Crippen molar-refractivity contribution in [3.05, 3.63) is 381 Å². The van der Waals surface area contributed by atoms with Crippen molar-refractivity contribution < 1.29 is 60.3 Å². The maximum absolute atomic E-state index is 4.44. The van der Waals surface area contributed by atoms with E-state index < -0.39 is 24.2 Å². The van der Waals surface area contributed by atoms with E-state index in [1.54, 1.807) is 18.6 Å². The van der Waals surface area contributed by atoms with Crippen LogP contribution in [-0.4, -0.2) is 54.1 Å². The number of aromatic nitrogens is 6. The van der Waals surface area contributed by atoms with Gasteiger partial charge in [-0.3, -0.25) is 0 Å². The van der Waals surface area contributed by atoms with E-state index in [9.17, 15) is 0 Å². The van der Waals surface area contributed by atoms with Gasteiger partial charge in [0.05, 0.1) is 24.2 Å². The largest absolute Gasteiger partial charge is 0.305 e. The Balaban J connectivity index is 0.000000184. The number of rotatable bonds is 12. The van der Waals surface area contributed by atoms with Crippen LogP contribution in [0.15, 0.2) is 328 Å². The van der Waals surface area contributed by atoms with Crippen LogP contribution < -0.4 is 15.6 Å². The van der Waals surface area contributed by atoms with Crippen LogP contribution >= 0.6 is 0 Å². The van der Waals surface area contributed by atoms with Crippen molar-refractivity contribution in [2.45, 2.75) is 79.7 Å².